The fourth-order valence-corrected chi connectivity index (χ4v) is 1.56. The molecule has 1 unspecified atom stereocenters. The second kappa shape index (κ2) is 5.97. The van der Waals surface area contributed by atoms with Gasteiger partial charge in [0.2, 0.25) is 5.88 Å². The standard InChI is InChI=1S/C13H16N4O/c1-18-13-9-15-8-12(17-13)16-7-11(14)10-5-3-2-4-6-10/h2-6,8-9,11H,7,14H2,1H3,(H,16,17). The summed E-state index contributed by atoms with van der Waals surface area (Å²) in [4.78, 5) is 8.22. The first kappa shape index (κ1) is 12.3. The summed E-state index contributed by atoms with van der Waals surface area (Å²) in [6.07, 6.45) is 3.20. The van der Waals surface area contributed by atoms with E-state index in [9.17, 15) is 0 Å². The number of aromatic nitrogens is 2. The van der Waals surface area contributed by atoms with E-state index in [-0.39, 0.29) is 6.04 Å². The van der Waals surface area contributed by atoms with E-state index in [1.807, 2.05) is 30.3 Å². The lowest BCUT2D eigenvalue weighted by Crippen LogP contribution is -2.21. The summed E-state index contributed by atoms with van der Waals surface area (Å²) in [6, 6.07) is 9.84. The molecule has 1 heterocycles. The van der Waals surface area contributed by atoms with Crippen molar-refractivity contribution in [1.82, 2.24) is 9.97 Å². The fraction of sp³-hybridized carbons (Fsp3) is 0.231. The maximum atomic E-state index is 6.07. The smallest absolute Gasteiger partial charge is 0.233 e. The van der Waals surface area contributed by atoms with Gasteiger partial charge in [0.1, 0.15) is 5.82 Å². The van der Waals surface area contributed by atoms with Gasteiger partial charge >= 0.3 is 0 Å². The minimum atomic E-state index is -0.0841. The van der Waals surface area contributed by atoms with Crippen molar-refractivity contribution in [2.24, 2.45) is 5.73 Å². The van der Waals surface area contributed by atoms with Gasteiger partial charge in [-0.05, 0) is 5.56 Å². The summed E-state index contributed by atoms with van der Waals surface area (Å²) in [6.45, 7) is 0.589. The summed E-state index contributed by atoms with van der Waals surface area (Å²) in [5, 5.41) is 3.14. The Hall–Kier alpha value is -2.14. The maximum absolute atomic E-state index is 6.07. The van der Waals surface area contributed by atoms with Crippen LogP contribution in [0.4, 0.5) is 5.82 Å². The van der Waals surface area contributed by atoms with Crippen LogP contribution >= 0.6 is 0 Å². The van der Waals surface area contributed by atoms with Gasteiger partial charge in [-0.3, -0.25) is 4.98 Å². The third-order valence-electron chi connectivity index (χ3n) is 2.55. The van der Waals surface area contributed by atoms with Crippen molar-refractivity contribution in [2.45, 2.75) is 6.04 Å². The molecule has 0 fully saturated rings. The van der Waals surface area contributed by atoms with E-state index in [2.05, 4.69) is 15.3 Å². The molecule has 2 rings (SSSR count). The lowest BCUT2D eigenvalue weighted by atomic mass is 10.1. The molecule has 0 saturated carbocycles. The number of anilines is 1. The molecule has 0 radical (unpaired) electrons. The van der Waals surface area contributed by atoms with Crippen molar-refractivity contribution in [1.29, 1.82) is 0 Å². The summed E-state index contributed by atoms with van der Waals surface area (Å²) in [5.41, 5.74) is 7.16. The molecule has 0 aliphatic rings. The Morgan fingerprint density at radius 2 is 2.06 bits per heavy atom. The largest absolute Gasteiger partial charge is 0.480 e. The molecular formula is C13H16N4O. The van der Waals surface area contributed by atoms with Crippen molar-refractivity contribution >= 4 is 5.82 Å². The van der Waals surface area contributed by atoms with E-state index >= 15 is 0 Å². The first-order valence-corrected chi connectivity index (χ1v) is 5.70. The molecule has 0 aliphatic heterocycles. The van der Waals surface area contributed by atoms with Crippen molar-refractivity contribution < 1.29 is 4.74 Å². The predicted molar refractivity (Wildman–Crippen MR) is 70.4 cm³/mol. The Morgan fingerprint density at radius 1 is 1.28 bits per heavy atom. The zero-order valence-electron chi connectivity index (χ0n) is 10.2. The average molecular weight is 244 g/mol. The molecule has 0 bridgehead atoms. The van der Waals surface area contributed by atoms with E-state index in [1.54, 1.807) is 19.5 Å². The SMILES string of the molecule is COc1cncc(NCC(N)c2ccccc2)n1. The van der Waals surface area contributed by atoms with Crippen LogP contribution < -0.4 is 15.8 Å². The van der Waals surface area contributed by atoms with Gasteiger partial charge < -0.3 is 15.8 Å². The van der Waals surface area contributed by atoms with Crippen molar-refractivity contribution in [2.75, 3.05) is 19.0 Å². The number of nitrogens with zero attached hydrogens (tertiary/aromatic N) is 2. The molecule has 1 atom stereocenters. The van der Waals surface area contributed by atoms with Gasteiger partial charge in [-0.25, -0.2) is 0 Å². The zero-order chi connectivity index (χ0) is 12.8. The average Bonchev–Trinajstić information content (AvgIpc) is 2.46. The maximum Gasteiger partial charge on any atom is 0.233 e. The number of rotatable bonds is 5. The minimum absolute atomic E-state index is 0.0841. The van der Waals surface area contributed by atoms with Gasteiger partial charge in [-0.15, -0.1) is 0 Å². The van der Waals surface area contributed by atoms with Crippen LogP contribution in [0, 0.1) is 0 Å². The summed E-state index contributed by atoms with van der Waals surface area (Å²) in [7, 11) is 1.56. The molecular weight excluding hydrogens is 228 g/mol. The van der Waals surface area contributed by atoms with E-state index < -0.39 is 0 Å². The van der Waals surface area contributed by atoms with Crippen LogP contribution in [0.5, 0.6) is 5.88 Å². The second-order valence-electron chi connectivity index (χ2n) is 3.84. The summed E-state index contributed by atoms with van der Waals surface area (Å²) < 4.78 is 5.00. The number of nitrogens with two attached hydrogens (primary N) is 1. The van der Waals surface area contributed by atoms with Crippen LogP contribution in [0.15, 0.2) is 42.7 Å². The molecule has 2 aromatic rings. The van der Waals surface area contributed by atoms with Crippen LogP contribution in [0.1, 0.15) is 11.6 Å². The molecule has 0 spiro atoms. The Labute approximate surface area is 106 Å². The van der Waals surface area contributed by atoms with Crippen LogP contribution in [0.2, 0.25) is 0 Å². The summed E-state index contributed by atoms with van der Waals surface area (Å²) >= 11 is 0. The predicted octanol–water partition coefficient (Wildman–Crippen LogP) is 1.60. The Balaban J connectivity index is 1.95. The normalized spacial score (nSPS) is 11.9. The zero-order valence-corrected chi connectivity index (χ0v) is 10.2. The fourth-order valence-electron chi connectivity index (χ4n) is 1.56. The van der Waals surface area contributed by atoms with Gasteiger partial charge in [0.05, 0.1) is 19.5 Å². The quantitative estimate of drug-likeness (QED) is 0.835. The van der Waals surface area contributed by atoms with Crippen LogP contribution in [-0.4, -0.2) is 23.6 Å². The molecule has 5 nitrogen and oxygen atoms in total. The highest BCUT2D eigenvalue weighted by atomic mass is 16.5. The van der Waals surface area contributed by atoms with E-state index in [4.69, 9.17) is 10.5 Å². The van der Waals surface area contributed by atoms with Gasteiger partial charge in [0.25, 0.3) is 0 Å². The van der Waals surface area contributed by atoms with E-state index in [1.165, 1.54) is 0 Å². The van der Waals surface area contributed by atoms with Gasteiger partial charge in [0.15, 0.2) is 0 Å². The molecule has 0 aliphatic carbocycles. The molecule has 3 N–H and O–H groups in total. The topological polar surface area (TPSA) is 73.1 Å². The van der Waals surface area contributed by atoms with Gasteiger partial charge in [-0.2, -0.15) is 4.98 Å². The van der Waals surface area contributed by atoms with E-state index in [0.29, 0.717) is 18.2 Å². The third kappa shape index (κ3) is 3.18. The first-order chi connectivity index (χ1) is 8.79. The molecule has 1 aromatic heterocycles. The monoisotopic (exact) mass is 244 g/mol. The Kier molecular flexibility index (Phi) is 4.09. The first-order valence-electron chi connectivity index (χ1n) is 5.70. The van der Waals surface area contributed by atoms with Crippen LogP contribution in [-0.2, 0) is 0 Å². The highest BCUT2D eigenvalue weighted by Crippen LogP contribution is 2.12. The van der Waals surface area contributed by atoms with Crippen molar-refractivity contribution in [3.05, 3.63) is 48.3 Å². The number of hydrogen-bond acceptors (Lipinski definition) is 5. The number of benzene rings is 1. The molecule has 0 amide bonds. The number of nitrogens with one attached hydrogen (secondary N) is 1. The highest BCUT2D eigenvalue weighted by molar-refractivity contribution is 5.34. The minimum Gasteiger partial charge on any atom is -0.480 e. The van der Waals surface area contributed by atoms with Crippen molar-refractivity contribution in [3.63, 3.8) is 0 Å². The van der Waals surface area contributed by atoms with E-state index in [0.717, 1.165) is 5.56 Å². The molecule has 0 saturated heterocycles. The number of ether oxygens (including phenoxy) is 1. The van der Waals surface area contributed by atoms with Crippen molar-refractivity contribution in [3.8, 4) is 5.88 Å². The van der Waals surface area contributed by atoms with Gasteiger partial charge in [0, 0.05) is 12.6 Å². The molecule has 18 heavy (non-hydrogen) atoms. The molecule has 94 valence electrons. The molecule has 1 aromatic carbocycles. The Morgan fingerprint density at radius 3 is 2.78 bits per heavy atom. The Bertz CT molecular complexity index is 489. The third-order valence-corrected chi connectivity index (χ3v) is 2.55. The highest BCUT2D eigenvalue weighted by Gasteiger charge is 2.05. The lowest BCUT2D eigenvalue weighted by molar-refractivity contribution is 0.396. The summed E-state index contributed by atoms with van der Waals surface area (Å²) in [5.74, 6) is 1.13. The molecule has 5 heteroatoms. The second-order valence-corrected chi connectivity index (χ2v) is 3.84. The van der Waals surface area contributed by atoms with Gasteiger partial charge in [-0.1, -0.05) is 30.3 Å². The van der Waals surface area contributed by atoms with Crippen LogP contribution in [0.3, 0.4) is 0 Å². The number of methoxy groups -OCH3 is 1. The number of hydrogen-bond donors (Lipinski definition) is 2. The van der Waals surface area contributed by atoms with Crippen LogP contribution in [0.25, 0.3) is 0 Å². The lowest BCUT2D eigenvalue weighted by Gasteiger charge is -2.13.